The van der Waals surface area contributed by atoms with Crippen molar-refractivity contribution in [2.45, 2.75) is 60.2 Å². The first kappa shape index (κ1) is 15.7. The molecule has 0 aliphatic carbocycles. The molecule has 0 aliphatic rings. The Kier molecular flexibility index (Phi) is 5.50. The second kappa shape index (κ2) is 7.36. The Morgan fingerprint density at radius 2 is 1.95 bits per heavy atom. The molecular weight excluding hydrogens is 264 g/mol. The molecule has 1 N–H and O–H groups in total. The molecule has 0 aromatic carbocycles. The van der Waals surface area contributed by atoms with Crippen LogP contribution in [-0.2, 0) is 19.6 Å². The summed E-state index contributed by atoms with van der Waals surface area (Å²) in [5, 5.41) is 12.4. The molecule has 21 heavy (non-hydrogen) atoms. The van der Waals surface area contributed by atoms with Gasteiger partial charge in [-0.25, -0.2) is 9.67 Å². The Labute approximate surface area is 126 Å². The lowest BCUT2D eigenvalue weighted by molar-refractivity contribution is 0.533. The molecule has 0 aliphatic heterocycles. The molecule has 0 saturated carbocycles. The molecule has 0 spiro atoms. The predicted molar refractivity (Wildman–Crippen MR) is 83.1 cm³/mol. The van der Waals surface area contributed by atoms with Crippen LogP contribution in [0.15, 0.2) is 6.33 Å². The van der Waals surface area contributed by atoms with Crippen LogP contribution in [0.3, 0.4) is 0 Å². The first-order chi connectivity index (χ1) is 10.2. The van der Waals surface area contributed by atoms with Crippen molar-refractivity contribution in [1.29, 1.82) is 0 Å². The van der Waals surface area contributed by atoms with Gasteiger partial charge in [0.25, 0.3) is 0 Å². The van der Waals surface area contributed by atoms with Gasteiger partial charge < -0.3 is 5.32 Å². The topological polar surface area (TPSA) is 60.6 Å². The molecule has 2 aromatic rings. The van der Waals surface area contributed by atoms with E-state index in [2.05, 4.69) is 48.2 Å². The summed E-state index contributed by atoms with van der Waals surface area (Å²) in [6.45, 7) is 12.0. The van der Waals surface area contributed by atoms with Crippen LogP contribution >= 0.6 is 0 Å². The fourth-order valence-corrected chi connectivity index (χ4v) is 2.48. The number of rotatable bonds is 8. The number of aromatic nitrogens is 5. The number of hydrogen-bond donors (Lipinski definition) is 1. The summed E-state index contributed by atoms with van der Waals surface area (Å²) in [6.07, 6.45) is 3.83. The van der Waals surface area contributed by atoms with Crippen LogP contribution in [0.1, 0.15) is 49.5 Å². The van der Waals surface area contributed by atoms with Crippen LogP contribution in [0.2, 0.25) is 0 Å². The maximum absolute atomic E-state index is 4.66. The number of aryl methyl sites for hydroxylation is 2. The van der Waals surface area contributed by atoms with Crippen LogP contribution in [0, 0.1) is 13.8 Å². The molecule has 0 atom stereocenters. The lowest BCUT2D eigenvalue weighted by Crippen LogP contribution is -2.15. The van der Waals surface area contributed by atoms with Gasteiger partial charge in [-0.1, -0.05) is 13.8 Å². The van der Waals surface area contributed by atoms with Crippen LogP contribution in [-0.4, -0.2) is 31.1 Å². The highest BCUT2D eigenvalue weighted by Crippen LogP contribution is 2.14. The van der Waals surface area contributed by atoms with Gasteiger partial charge in [-0.15, -0.1) is 0 Å². The van der Waals surface area contributed by atoms with E-state index in [9.17, 15) is 0 Å². The van der Waals surface area contributed by atoms with Crippen molar-refractivity contribution in [1.82, 2.24) is 29.9 Å². The lowest BCUT2D eigenvalue weighted by Gasteiger charge is -2.07. The maximum atomic E-state index is 4.66. The zero-order chi connectivity index (χ0) is 15.2. The summed E-state index contributed by atoms with van der Waals surface area (Å²) in [6, 6.07) is 0. The molecule has 0 unspecified atom stereocenters. The average Bonchev–Trinajstić information content (AvgIpc) is 2.99. The van der Waals surface area contributed by atoms with Crippen LogP contribution in [0.5, 0.6) is 0 Å². The summed E-state index contributed by atoms with van der Waals surface area (Å²) < 4.78 is 4.00. The Bertz CT molecular complexity index is 569. The molecule has 0 radical (unpaired) electrons. The van der Waals surface area contributed by atoms with E-state index in [1.165, 1.54) is 11.3 Å². The van der Waals surface area contributed by atoms with Gasteiger partial charge in [0.15, 0.2) is 0 Å². The number of hydrogen-bond acceptors (Lipinski definition) is 4. The summed E-state index contributed by atoms with van der Waals surface area (Å²) in [4.78, 5) is 4.36. The Hall–Kier alpha value is -1.69. The van der Waals surface area contributed by atoms with E-state index in [1.807, 2.05) is 9.36 Å². The van der Waals surface area contributed by atoms with Crippen molar-refractivity contribution in [3.8, 4) is 0 Å². The first-order valence-electron chi connectivity index (χ1n) is 7.77. The van der Waals surface area contributed by atoms with Crippen molar-refractivity contribution >= 4 is 0 Å². The predicted octanol–water partition coefficient (Wildman–Crippen LogP) is 2.05. The quantitative estimate of drug-likeness (QED) is 0.756. The Balaban J connectivity index is 2.13. The van der Waals surface area contributed by atoms with E-state index in [0.29, 0.717) is 6.54 Å². The van der Waals surface area contributed by atoms with Crippen LogP contribution in [0.4, 0.5) is 0 Å². The van der Waals surface area contributed by atoms with Gasteiger partial charge in [0.05, 0.1) is 5.69 Å². The smallest absolute Gasteiger partial charge is 0.148 e. The van der Waals surface area contributed by atoms with Gasteiger partial charge in [0.2, 0.25) is 0 Å². The molecule has 6 nitrogen and oxygen atoms in total. The lowest BCUT2D eigenvalue weighted by atomic mass is 10.2. The van der Waals surface area contributed by atoms with E-state index >= 15 is 0 Å². The van der Waals surface area contributed by atoms with Crippen LogP contribution in [0.25, 0.3) is 0 Å². The highest BCUT2D eigenvalue weighted by atomic mass is 15.4. The summed E-state index contributed by atoms with van der Waals surface area (Å²) in [5.41, 5.74) is 3.60. The van der Waals surface area contributed by atoms with Crippen molar-refractivity contribution in [2.75, 3.05) is 6.54 Å². The molecule has 0 amide bonds. The van der Waals surface area contributed by atoms with E-state index in [-0.39, 0.29) is 0 Å². The fourth-order valence-electron chi connectivity index (χ4n) is 2.48. The van der Waals surface area contributed by atoms with E-state index in [1.54, 1.807) is 6.33 Å². The van der Waals surface area contributed by atoms with E-state index in [4.69, 9.17) is 0 Å². The second-order valence-electron chi connectivity index (χ2n) is 5.38. The van der Waals surface area contributed by atoms with Crippen molar-refractivity contribution in [3.05, 3.63) is 29.1 Å². The largest absolute Gasteiger partial charge is 0.313 e. The second-order valence-corrected chi connectivity index (χ2v) is 5.38. The third-order valence-corrected chi connectivity index (χ3v) is 3.68. The third kappa shape index (κ3) is 3.69. The van der Waals surface area contributed by atoms with Gasteiger partial charge in [-0.2, -0.15) is 10.2 Å². The zero-order valence-corrected chi connectivity index (χ0v) is 13.6. The third-order valence-electron chi connectivity index (χ3n) is 3.68. The molecule has 2 rings (SSSR count). The Morgan fingerprint density at radius 3 is 2.67 bits per heavy atom. The van der Waals surface area contributed by atoms with E-state index in [0.717, 1.165) is 44.0 Å². The summed E-state index contributed by atoms with van der Waals surface area (Å²) in [7, 11) is 0. The highest BCUT2D eigenvalue weighted by molar-refractivity contribution is 5.24. The van der Waals surface area contributed by atoms with Crippen molar-refractivity contribution in [3.63, 3.8) is 0 Å². The van der Waals surface area contributed by atoms with Crippen molar-refractivity contribution in [2.24, 2.45) is 0 Å². The van der Waals surface area contributed by atoms with Gasteiger partial charge in [-0.3, -0.25) is 4.68 Å². The van der Waals surface area contributed by atoms with E-state index < -0.39 is 0 Å². The standard InChI is InChI=1S/C15H26N6/c1-5-7-16-9-14-12(3)19-21(13(14)4)10-15-17-11-18-20(15)8-6-2/h11,16H,5-10H2,1-4H3. The van der Waals surface area contributed by atoms with Crippen LogP contribution < -0.4 is 5.32 Å². The zero-order valence-electron chi connectivity index (χ0n) is 13.6. The minimum atomic E-state index is 0.681. The van der Waals surface area contributed by atoms with Gasteiger partial charge >= 0.3 is 0 Å². The highest BCUT2D eigenvalue weighted by Gasteiger charge is 2.13. The van der Waals surface area contributed by atoms with Crippen molar-refractivity contribution < 1.29 is 0 Å². The number of nitrogens with one attached hydrogen (secondary N) is 1. The average molecular weight is 290 g/mol. The molecule has 0 saturated heterocycles. The molecular formula is C15H26N6. The molecule has 116 valence electrons. The first-order valence-corrected chi connectivity index (χ1v) is 7.77. The van der Waals surface area contributed by atoms with Gasteiger partial charge in [0, 0.05) is 24.3 Å². The summed E-state index contributed by atoms with van der Waals surface area (Å²) in [5.74, 6) is 0.968. The van der Waals surface area contributed by atoms with Gasteiger partial charge in [-0.05, 0) is 33.2 Å². The molecule has 2 aromatic heterocycles. The molecule has 2 heterocycles. The minimum Gasteiger partial charge on any atom is -0.313 e. The number of nitrogens with zero attached hydrogens (tertiary/aromatic N) is 5. The molecule has 0 bridgehead atoms. The Morgan fingerprint density at radius 1 is 1.14 bits per heavy atom. The fraction of sp³-hybridized carbons (Fsp3) is 0.667. The maximum Gasteiger partial charge on any atom is 0.148 e. The monoisotopic (exact) mass is 290 g/mol. The van der Waals surface area contributed by atoms with Gasteiger partial charge in [0.1, 0.15) is 18.7 Å². The normalized spacial score (nSPS) is 11.2. The molecule has 6 heteroatoms. The SMILES string of the molecule is CCCNCc1c(C)nn(Cc2ncnn2CCC)c1C. The minimum absolute atomic E-state index is 0.681. The summed E-state index contributed by atoms with van der Waals surface area (Å²) >= 11 is 0. The molecule has 0 fully saturated rings.